The molecule has 4 heteroatoms. The Morgan fingerprint density at radius 1 is 1.64 bits per heavy atom. The first-order valence-electron chi connectivity index (χ1n) is 3.21. The monoisotopic (exact) mass is 235 g/mol. The minimum absolute atomic E-state index is 0.0770. The summed E-state index contributed by atoms with van der Waals surface area (Å²) < 4.78 is 2.21. The van der Waals surface area contributed by atoms with E-state index in [4.69, 9.17) is 11.6 Å². The predicted octanol–water partition coefficient (Wildman–Crippen LogP) is 2.28. The molecule has 0 bridgehead atoms. The fraction of sp³-hybridized carbons (Fsp3) is 0.286. The molecule has 2 nitrogen and oxygen atoms in total. The molecule has 0 saturated heterocycles. The molecule has 0 fully saturated rings. The number of halogens is 2. The lowest BCUT2D eigenvalue weighted by Crippen LogP contribution is -2.18. The molecule has 11 heavy (non-hydrogen) atoms. The van der Waals surface area contributed by atoms with E-state index in [2.05, 4.69) is 15.9 Å². The lowest BCUT2D eigenvalue weighted by Gasteiger charge is -2.03. The van der Waals surface area contributed by atoms with Gasteiger partial charge in [0.1, 0.15) is 5.15 Å². The molecule has 1 rings (SSSR count). The highest BCUT2D eigenvalue weighted by molar-refractivity contribution is 9.10. The van der Waals surface area contributed by atoms with Gasteiger partial charge in [-0.2, -0.15) is 0 Å². The van der Waals surface area contributed by atoms with Crippen LogP contribution in [0.3, 0.4) is 0 Å². The first kappa shape index (κ1) is 8.81. The number of pyridine rings is 1. The van der Waals surface area contributed by atoms with Crippen molar-refractivity contribution in [1.29, 1.82) is 0 Å². The summed E-state index contributed by atoms with van der Waals surface area (Å²) in [6, 6.07) is 3.20. The lowest BCUT2D eigenvalue weighted by molar-refractivity contribution is 0.727. The van der Waals surface area contributed by atoms with Gasteiger partial charge in [-0.25, -0.2) is 0 Å². The molecule has 0 amide bonds. The van der Waals surface area contributed by atoms with E-state index < -0.39 is 0 Å². The van der Waals surface area contributed by atoms with Gasteiger partial charge in [-0.1, -0.05) is 27.5 Å². The van der Waals surface area contributed by atoms with Crippen LogP contribution in [0.15, 0.2) is 21.4 Å². The molecule has 0 aliphatic rings. The van der Waals surface area contributed by atoms with E-state index in [1.807, 2.05) is 6.92 Å². The van der Waals surface area contributed by atoms with Gasteiger partial charge in [-0.3, -0.25) is 9.36 Å². The highest BCUT2D eigenvalue weighted by Gasteiger charge is 1.99. The maximum atomic E-state index is 11.1. The normalized spacial score (nSPS) is 10.1. The Labute approximate surface area is 77.9 Å². The van der Waals surface area contributed by atoms with Crippen molar-refractivity contribution < 1.29 is 0 Å². The number of aromatic nitrogens is 1. The predicted molar refractivity (Wildman–Crippen MR) is 49.1 cm³/mol. The van der Waals surface area contributed by atoms with E-state index in [9.17, 15) is 4.79 Å². The van der Waals surface area contributed by atoms with Crippen LogP contribution < -0.4 is 5.56 Å². The van der Waals surface area contributed by atoms with Gasteiger partial charge in [-0.05, 0) is 13.0 Å². The van der Waals surface area contributed by atoms with Crippen LogP contribution in [0.5, 0.6) is 0 Å². The van der Waals surface area contributed by atoms with E-state index >= 15 is 0 Å². The van der Waals surface area contributed by atoms with E-state index in [1.54, 1.807) is 6.07 Å². The van der Waals surface area contributed by atoms with Crippen molar-refractivity contribution in [2.45, 2.75) is 13.5 Å². The summed E-state index contributed by atoms with van der Waals surface area (Å²) >= 11 is 8.95. The van der Waals surface area contributed by atoms with Crippen LogP contribution in [0.4, 0.5) is 0 Å². The zero-order chi connectivity index (χ0) is 8.43. The van der Waals surface area contributed by atoms with Gasteiger partial charge in [0.2, 0.25) is 0 Å². The molecule has 0 aliphatic carbocycles. The molecular weight excluding hydrogens is 229 g/mol. The van der Waals surface area contributed by atoms with E-state index in [0.29, 0.717) is 11.7 Å². The van der Waals surface area contributed by atoms with Crippen molar-refractivity contribution in [2.24, 2.45) is 0 Å². The van der Waals surface area contributed by atoms with Gasteiger partial charge in [0.05, 0.1) is 0 Å². The van der Waals surface area contributed by atoms with E-state index in [1.165, 1.54) is 10.6 Å². The highest BCUT2D eigenvalue weighted by Crippen LogP contribution is 2.12. The summed E-state index contributed by atoms with van der Waals surface area (Å²) in [5.41, 5.74) is -0.0770. The quantitative estimate of drug-likeness (QED) is 0.686. The summed E-state index contributed by atoms with van der Waals surface area (Å²) in [5, 5.41) is 0.465. The first-order valence-corrected chi connectivity index (χ1v) is 4.38. The smallest absolute Gasteiger partial charge is 0.252 e. The average Bonchev–Trinajstić information content (AvgIpc) is 1.85. The molecular formula is C7H7BrClNO. The Bertz CT molecular complexity index is 321. The Morgan fingerprint density at radius 3 is 2.73 bits per heavy atom. The zero-order valence-electron chi connectivity index (χ0n) is 5.97. The molecule has 0 unspecified atom stereocenters. The number of hydrogen-bond acceptors (Lipinski definition) is 1. The second kappa shape index (κ2) is 3.41. The van der Waals surface area contributed by atoms with Crippen molar-refractivity contribution in [3.8, 4) is 0 Å². The SMILES string of the molecule is CCn1c(Cl)cc(Br)cc1=O. The zero-order valence-corrected chi connectivity index (χ0v) is 8.32. The largest absolute Gasteiger partial charge is 0.299 e. The number of nitrogens with zero attached hydrogens (tertiary/aromatic N) is 1. The van der Waals surface area contributed by atoms with Gasteiger partial charge < -0.3 is 0 Å². The van der Waals surface area contributed by atoms with E-state index in [0.717, 1.165) is 4.47 Å². The molecule has 60 valence electrons. The lowest BCUT2D eigenvalue weighted by atomic mass is 10.5. The van der Waals surface area contributed by atoms with Crippen molar-refractivity contribution in [3.05, 3.63) is 32.1 Å². The summed E-state index contributed by atoms with van der Waals surface area (Å²) in [6.07, 6.45) is 0. The Morgan fingerprint density at radius 2 is 2.27 bits per heavy atom. The number of hydrogen-bond donors (Lipinski definition) is 0. The first-order chi connectivity index (χ1) is 5.15. The molecule has 0 N–H and O–H groups in total. The Hall–Kier alpha value is -0.280. The summed E-state index contributed by atoms with van der Waals surface area (Å²) in [6.45, 7) is 2.48. The third-order valence-electron chi connectivity index (χ3n) is 1.36. The van der Waals surface area contributed by atoms with Crippen LogP contribution in [0.1, 0.15) is 6.92 Å². The van der Waals surface area contributed by atoms with Gasteiger partial charge in [0, 0.05) is 17.1 Å². The minimum Gasteiger partial charge on any atom is -0.299 e. The van der Waals surface area contributed by atoms with E-state index in [-0.39, 0.29) is 5.56 Å². The summed E-state index contributed by atoms with van der Waals surface area (Å²) in [7, 11) is 0. The standard InChI is InChI=1S/C7H7BrClNO/c1-2-10-6(9)3-5(8)4-7(10)11/h3-4H,2H2,1H3. The van der Waals surface area contributed by atoms with Gasteiger partial charge >= 0.3 is 0 Å². The fourth-order valence-corrected chi connectivity index (χ4v) is 1.71. The van der Waals surface area contributed by atoms with Crippen LogP contribution in [0.25, 0.3) is 0 Å². The molecule has 0 spiro atoms. The van der Waals surface area contributed by atoms with Crippen molar-refractivity contribution in [1.82, 2.24) is 4.57 Å². The fourth-order valence-electron chi connectivity index (χ4n) is 0.841. The summed E-state index contributed by atoms with van der Waals surface area (Å²) in [4.78, 5) is 11.1. The topological polar surface area (TPSA) is 22.0 Å². The molecule has 1 aromatic heterocycles. The van der Waals surface area contributed by atoms with Crippen LogP contribution in [-0.2, 0) is 6.54 Å². The molecule has 1 aromatic rings. The number of rotatable bonds is 1. The van der Waals surface area contributed by atoms with Gasteiger partial charge in [0.15, 0.2) is 0 Å². The Balaban J connectivity index is 3.37. The van der Waals surface area contributed by atoms with Crippen LogP contribution in [0, 0.1) is 0 Å². The highest BCUT2D eigenvalue weighted by atomic mass is 79.9. The minimum atomic E-state index is -0.0770. The van der Waals surface area contributed by atoms with Crippen LogP contribution >= 0.6 is 27.5 Å². The molecule has 0 saturated carbocycles. The molecule has 1 heterocycles. The summed E-state index contributed by atoms with van der Waals surface area (Å²) in [5.74, 6) is 0. The molecule has 0 aromatic carbocycles. The van der Waals surface area contributed by atoms with Crippen LogP contribution in [0.2, 0.25) is 5.15 Å². The second-order valence-electron chi connectivity index (χ2n) is 2.08. The Kier molecular flexibility index (Phi) is 2.73. The van der Waals surface area contributed by atoms with Crippen molar-refractivity contribution in [2.75, 3.05) is 0 Å². The molecule has 0 radical (unpaired) electrons. The van der Waals surface area contributed by atoms with Gasteiger partial charge in [0.25, 0.3) is 5.56 Å². The molecule has 0 atom stereocenters. The third kappa shape index (κ3) is 1.84. The maximum absolute atomic E-state index is 11.1. The second-order valence-corrected chi connectivity index (χ2v) is 3.38. The third-order valence-corrected chi connectivity index (χ3v) is 2.13. The average molecular weight is 236 g/mol. The van der Waals surface area contributed by atoms with Crippen molar-refractivity contribution >= 4 is 27.5 Å². The maximum Gasteiger partial charge on any atom is 0.252 e. The van der Waals surface area contributed by atoms with Crippen LogP contribution in [-0.4, -0.2) is 4.57 Å². The molecule has 0 aliphatic heterocycles. The van der Waals surface area contributed by atoms with Gasteiger partial charge in [-0.15, -0.1) is 0 Å². The van der Waals surface area contributed by atoms with Crippen molar-refractivity contribution in [3.63, 3.8) is 0 Å².